The molecule has 2 heteroatoms. The van der Waals surface area contributed by atoms with Gasteiger partial charge in [-0.05, 0) is 56.2 Å². The summed E-state index contributed by atoms with van der Waals surface area (Å²) in [5.41, 5.74) is 10.2. The fraction of sp³-hybridized carbons (Fsp3) is 0.129. The average Bonchev–Trinajstić information content (AvgIpc) is 3.16. The predicted octanol–water partition coefficient (Wildman–Crippen LogP) is 7.35. The molecule has 160 valence electrons. The summed E-state index contributed by atoms with van der Waals surface area (Å²) in [6, 6.07) is 30.8. The molecule has 6 rings (SSSR count). The number of para-hydroxylation sites is 2. The molecule has 2 nitrogen and oxygen atoms in total. The molecule has 0 saturated heterocycles. The number of nitrogens with zero attached hydrogens (tertiary/aromatic N) is 2. The zero-order valence-electron chi connectivity index (χ0n) is 19.6. The van der Waals surface area contributed by atoms with E-state index in [0.717, 1.165) is 0 Å². The van der Waals surface area contributed by atoms with Gasteiger partial charge in [0.15, 0.2) is 6.20 Å². The van der Waals surface area contributed by atoms with Crippen LogP contribution in [0.15, 0.2) is 91.1 Å². The molecule has 6 aromatic rings. The van der Waals surface area contributed by atoms with Gasteiger partial charge in [-0.2, -0.15) is 4.57 Å². The second-order valence-electron chi connectivity index (χ2n) is 9.14. The van der Waals surface area contributed by atoms with Gasteiger partial charge in [0.1, 0.15) is 12.7 Å². The lowest BCUT2D eigenvalue weighted by atomic mass is 9.94. The smallest absolute Gasteiger partial charge is 0.220 e. The highest BCUT2D eigenvalue weighted by Gasteiger charge is 2.23. The fourth-order valence-electron chi connectivity index (χ4n) is 5.40. The topological polar surface area (TPSA) is 8.81 Å². The number of fused-ring (bicyclic) bond motifs is 4. The minimum absolute atomic E-state index is 1.20. The Morgan fingerprint density at radius 3 is 1.82 bits per heavy atom. The summed E-state index contributed by atoms with van der Waals surface area (Å²) in [6.45, 7) is 6.63. The molecule has 33 heavy (non-hydrogen) atoms. The third-order valence-electron chi connectivity index (χ3n) is 7.01. The maximum atomic E-state index is 2.42. The zero-order chi connectivity index (χ0) is 22.7. The summed E-state index contributed by atoms with van der Waals surface area (Å²) in [6.07, 6.45) is 2.30. The van der Waals surface area contributed by atoms with Crippen molar-refractivity contribution < 1.29 is 4.57 Å². The maximum absolute atomic E-state index is 2.42. The van der Waals surface area contributed by atoms with Crippen molar-refractivity contribution in [3.05, 3.63) is 108 Å². The van der Waals surface area contributed by atoms with Crippen molar-refractivity contribution in [2.24, 2.45) is 7.05 Å². The lowest BCUT2D eigenvalue weighted by Crippen LogP contribution is -2.32. The summed E-state index contributed by atoms with van der Waals surface area (Å²) in [7, 11) is 2.18. The average molecular weight is 428 g/mol. The van der Waals surface area contributed by atoms with Crippen LogP contribution in [0.25, 0.3) is 49.5 Å². The number of benzene rings is 4. The molecule has 0 saturated carbocycles. The Hall–Kier alpha value is -3.91. The first-order valence-corrected chi connectivity index (χ1v) is 11.5. The number of hydrogen-bond donors (Lipinski definition) is 0. The zero-order valence-corrected chi connectivity index (χ0v) is 19.6. The van der Waals surface area contributed by atoms with Crippen molar-refractivity contribution in [1.82, 2.24) is 4.57 Å². The minimum atomic E-state index is 1.20. The quantitative estimate of drug-likeness (QED) is 0.255. The molecule has 0 N–H and O–H groups in total. The van der Waals surface area contributed by atoms with Gasteiger partial charge >= 0.3 is 0 Å². The number of aryl methyl sites for hydroxylation is 3. The first-order valence-electron chi connectivity index (χ1n) is 11.5. The summed E-state index contributed by atoms with van der Waals surface area (Å²) < 4.78 is 4.73. The SMILES string of the molecule is Cc1cc(C)c(C)c(-c2c3ccccc3c(-n3c4ccccc4c4ccccc43)c[n+]2C)c1. The molecular formula is C31H27N2+. The van der Waals surface area contributed by atoms with E-state index in [1.807, 2.05) is 0 Å². The van der Waals surface area contributed by atoms with Crippen LogP contribution in [-0.2, 0) is 7.05 Å². The van der Waals surface area contributed by atoms with Gasteiger partial charge < -0.3 is 4.57 Å². The molecular weight excluding hydrogens is 400 g/mol. The number of pyridine rings is 1. The second-order valence-corrected chi connectivity index (χ2v) is 9.14. The third-order valence-corrected chi connectivity index (χ3v) is 7.01. The Balaban J connectivity index is 1.77. The standard InChI is InChI=1S/C31H27N2/c1-20-17-21(2)22(3)27(18-20)31-26-14-6-5-13-25(26)30(19-32(31)4)33-28-15-9-7-11-23(28)24-12-8-10-16-29(24)33/h5-19H,1-4H3/q+1. The van der Waals surface area contributed by atoms with Crippen LogP contribution in [0.2, 0.25) is 0 Å². The van der Waals surface area contributed by atoms with Crippen LogP contribution in [0.1, 0.15) is 16.7 Å². The largest absolute Gasteiger partial charge is 0.303 e. The molecule has 2 aromatic heterocycles. The Bertz CT molecular complexity index is 1650. The first kappa shape index (κ1) is 19.8. The van der Waals surface area contributed by atoms with E-state index < -0.39 is 0 Å². The molecule has 0 aliphatic carbocycles. The molecule has 0 radical (unpaired) electrons. The third kappa shape index (κ3) is 2.91. The van der Waals surface area contributed by atoms with Gasteiger partial charge in [0, 0.05) is 16.2 Å². The Morgan fingerprint density at radius 2 is 1.18 bits per heavy atom. The van der Waals surface area contributed by atoms with Crippen molar-refractivity contribution in [3.8, 4) is 16.9 Å². The van der Waals surface area contributed by atoms with Crippen molar-refractivity contribution in [2.45, 2.75) is 20.8 Å². The molecule has 0 atom stereocenters. The van der Waals surface area contributed by atoms with Crippen LogP contribution < -0.4 is 4.57 Å². The van der Waals surface area contributed by atoms with Crippen LogP contribution >= 0.6 is 0 Å². The molecule has 0 amide bonds. The Labute approximate surface area is 194 Å². The minimum Gasteiger partial charge on any atom is -0.303 e. The van der Waals surface area contributed by atoms with E-state index in [1.165, 1.54) is 66.2 Å². The molecule has 0 aliphatic rings. The fourth-order valence-corrected chi connectivity index (χ4v) is 5.40. The Morgan fingerprint density at radius 1 is 0.636 bits per heavy atom. The summed E-state index contributed by atoms with van der Waals surface area (Å²) in [4.78, 5) is 0. The highest BCUT2D eigenvalue weighted by atomic mass is 15.0. The van der Waals surface area contributed by atoms with Gasteiger partial charge in [0.25, 0.3) is 0 Å². The molecule has 0 bridgehead atoms. The number of aromatic nitrogens is 2. The van der Waals surface area contributed by atoms with Crippen LogP contribution in [0, 0.1) is 20.8 Å². The van der Waals surface area contributed by atoms with Crippen molar-refractivity contribution in [3.63, 3.8) is 0 Å². The highest BCUT2D eigenvalue weighted by Crippen LogP contribution is 2.37. The monoisotopic (exact) mass is 427 g/mol. The van der Waals surface area contributed by atoms with Gasteiger partial charge in [-0.25, -0.2) is 0 Å². The Kier molecular flexibility index (Phi) is 4.38. The molecule has 2 heterocycles. The second kappa shape index (κ2) is 7.31. The molecule has 0 fully saturated rings. The van der Waals surface area contributed by atoms with E-state index in [0.29, 0.717) is 0 Å². The van der Waals surface area contributed by atoms with Gasteiger partial charge in [-0.15, -0.1) is 0 Å². The van der Waals surface area contributed by atoms with Crippen molar-refractivity contribution in [2.75, 3.05) is 0 Å². The van der Waals surface area contributed by atoms with Gasteiger partial charge in [0.2, 0.25) is 5.69 Å². The van der Waals surface area contributed by atoms with Crippen LogP contribution in [0.4, 0.5) is 0 Å². The van der Waals surface area contributed by atoms with Crippen LogP contribution in [-0.4, -0.2) is 4.57 Å². The van der Waals surface area contributed by atoms with Crippen molar-refractivity contribution in [1.29, 1.82) is 0 Å². The summed E-state index contributed by atoms with van der Waals surface area (Å²) in [5, 5.41) is 5.10. The van der Waals surface area contributed by atoms with E-state index in [-0.39, 0.29) is 0 Å². The predicted molar refractivity (Wildman–Crippen MR) is 139 cm³/mol. The summed E-state index contributed by atoms with van der Waals surface area (Å²) >= 11 is 0. The molecule has 0 unspecified atom stereocenters. The lowest BCUT2D eigenvalue weighted by molar-refractivity contribution is -0.658. The maximum Gasteiger partial charge on any atom is 0.220 e. The number of rotatable bonds is 2. The molecule has 4 aromatic carbocycles. The van der Waals surface area contributed by atoms with E-state index >= 15 is 0 Å². The van der Waals surface area contributed by atoms with Crippen molar-refractivity contribution >= 4 is 32.6 Å². The normalized spacial score (nSPS) is 11.6. The number of hydrogen-bond acceptors (Lipinski definition) is 0. The lowest BCUT2D eigenvalue weighted by Gasteiger charge is -2.15. The van der Waals surface area contributed by atoms with E-state index in [4.69, 9.17) is 0 Å². The first-order chi connectivity index (χ1) is 16.0. The van der Waals surface area contributed by atoms with Gasteiger partial charge in [0.05, 0.1) is 22.0 Å². The highest BCUT2D eigenvalue weighted by molar-refractivity contribution is 6.11. The van der Waals surface area contributed by atoms with Gasteiger partial charge in [-0.3, -0.25) is 0 Å². The van der Waals surface area contributed by atoms with E-state index in [2.05, 4.69) is 128 Å². The van der Waals surface area contributed by atoms with Gasteiger partial charge in [-0.1, -0.05) is 66.2 Å². The molecule has 0 aliphatic heterocycles. The molecule has 0 spiro atoms. The van der Waals surface area contributed by atoms with Crippen LogP contribution in [0.5, 0.6) is 0 Å². The van der Waals surface area contributed by atoms with E-state index in [1.54, 1.807) is 0 Å². The van der Waals surface area contributed by atoms with Crippen LogP contribution in [0.3, 0.4) is 0 Å². The summed E-state index contributed by atoms with van der Waals surface area (Å²) in [5.74, 6) is 0. The van der Waals surface area contributed by atoms with E-state index in [9.17, 15) is 0 Å².